The Morgan fingerprint density at radius 3 is 3.12 bits per heavy atom. The fourth-order valence-corrected chi connectivity index (χ4v) is 3.70. The summed E-state index contributed by atoms with van der Waals surface area (Å²) in [5.74, 6) is 1.71. The van der Waals surface area contributed by atoms with Crippen molar-refractivity contribution < 1.29 is 9.84 Å². The Bertz CT molecular complexity index is 756. The zero-order valence-electron chi connectivity index (χ0n) is 15.2. The third-order valence-corrected chi connectivity index (χ3v) is 5.15. The van der Waals surface area contributed by atoms with Crippen molar-refractivity contribution in [3.8, 4) is 0 Å². The lowest BCUT2D eigenvalue weighted by atomic mass is 10.0. The van der Waals surface area contributed by atoms with Crippen molar-refractivity contribution in [1.29, 1.82) is 0 Å². The number of fused-ring (bicyclic) bond motifs is 1. The second-order valence-electron chi connectivity index (χ2n) is 7.02. The highest BCUT2D eigenvalue weighted by molar-refractivity contribution is 5.46. The third-order valence-electron chi connectivity index (χ3n) is 5.15. The first-order valence-electron chi connectivity index (χ1n) is 9.32. The Balaban J connectivity index is 1.57. The molecule has 0 saturated carbocycles. The van der Waals surface area contributed by atoms with E-state index < -0.39 is 0 Å². The van der Waals surface area contributed by atoms with Gasteiger partial charge in [0.25, 0.3) is 0 Å². The molecule has 1 saturated heterocycles. The van der Waals surface area contributed by atoms with E-state index in [2.05, 4.69) is 36.4 Å². The molecule has 0 radical (unpaired) electrons. The van der Waals surface area contributed by atoms with Crippen LogP contribution < -0.4 is 10.2 Å². The van der Waals surface area contributed by atoms with Gasteiger partial charge in [0.2, 0.25) is 5.95 Å². The van der Waals surface area contributed by atoms with E-state index in [9.17, 15) is 0 Å². The van der Waals surface area contributed by atoms with Gasteiger partial charge >= 0.3 is 0 Å². The average molecular weight is 358 g/mol. The molecule has 1 aliphatic carbocycles. The Morgan fingerprint density at radius 1 is 1.38 bits per heavy atom. The number of ether oxygens (including phenoxy) is 1. The van der Waals surface area contributed by atoms with E-state index in [1.807, 2.05) is 7.05 Å². The fourth-order valence-electron chi connectivity index (χ4n) is 3.70. The summed E-state index contributed by atoms with van der Waals surface area (Å²) in [4.78, 5) is 11.4. The number of nitrogens with one attached hydrogen (secondary N) is 2. The monoisotopic (exact) mass is 358 g/mol. The standard InChI is InChI=1S/C18H26N6O2/c1-24(10-16-13-3-2-4-14(13)22-23-16)17-9-15(12-5-8-26-11-12)20-18(21-17)19-6-7-25/h9,12,25H,2-8,10-11H2,1H3,(H,22,23)(H,19,20,21). The molecule has 1 unspecified atom stereocenters. The maximum Gasteiger partial charge on any atom is 0.224 e. The van der Waals surface area contributed by atoms with Crippen LogP contribution in [0.15, 0.2) is 6.07 Å². The van der Waals surface area contributed by atoms with Crippen molar-refractivity contribution in [2.75, 3.05) is 43.6 Å². The molecular weight excluding hydrogens is 332 g/mol. The van der Waals surface area contributed by atoms with Crippen molar-refractivity contribution in [2.24, 2.45) is 0 Å². The minimum Gasteiger partial charge on any atom is -0.395 e. The molecule has 8 nitrogen and oxygen atoms in total. The molecular formula is C18H26N6O2. The van der Waals surface area contributed by atoms with Crippen LogP contribution in [0.3, 0.4) is 0 Å². The summed E-state index contributed by atoms with van der Waals surface area (Å²) >= 11 is 0. The van der Waals surface area contributed by atoms with E-state index >= 15 is 0 Å². The highest BCUT2D eigenvalue weighted by Gasteiger charge is 2.23. The van der Waals surface area contributed by atoms with Gasteiger partial charge in [-0.15, -0.1) is 0 Å². The number of aromatic amines is 1. The van der Waals surface area contributed by atoms with Crippen LogP contribution in [0.2, 0.25) is 0 Å². The lowest BCUT2D eigenvalue weighted by molar-refractivity contribution is 0.193. The van der Waals surface area contributed by atoms with Crippen LogP contribution in [0.25, 0.3) is 0 Å². The molecule has 2 aliphatic rings. The van der Waals surface area contributed by atoms with Gasteiger partial charge in [-0.2, -0.15) is 10.1 Å². The van der Waals surface area contributed by atoms with Crippen LogP contribution >= 0.6 is 0 Å². The number of aryl methyl sites for hydroxylation is 1. The predicted octanol–water partition coefficient (Wildman–Crippen LogP) is 1.23. The van der Waals surface area contributed by atoms with E-state index in [-0.39, 0.29) is 6.61 Å². The Morgan fingerprint density at radius 2 is 2.31 bits per heavy atom. The zero-order chi connectivity index (χ0) is 17.9. The summed E-state index contributed by atoms with van der Waals surface area (Å²) in [7, 11) is 2.03. The molecule has 140 valence electrons. The molecule has 3 heterocycles. The molecule has 0 spiro atoms. The van der Waals surface area contributed by atoms with Gasteiger partial charge in [0.15, 0.2) is 0 Å². The molecule has 1 aliphatic heterocycles. The van der Waals surface area contributed by atoms with E-state index in [0.717, 1.165) is 43.1 Å². The van der Waals surface area contributed by atoms with Crippen LogP contribution in [0.1, 0.15) is 41.4 Å². The smallest absolute Gasteiger partial charge is 0.224 e. The number of aliphatic hydroxyl groups excluding tert-OH is 1. The normalized spacial score (nSPS) is 18.9. The van der Waals surface area contributed by atoms with Crippen LogP contribution in [0.5, 0.6) is 0 Å². The largest absolute Gasteiger partial charge is 0.395 e. The van der Waals surface area contributed by atoms with Crippen molar-refractivity contribution in [1.82, 2.24) is 20.2 Å². The summed E-state index contributed by atoms with van der Waals surface area (Å²) in [6.45, 7) is 2.67. The molecule has 8 heteroatoms. The van der Waals surface area contributed by atoms with Crippen molar-refractivity contribution in [3.05, 3.63) is 28.7 Å². The van der Waals surface area contributed by atoms with Crippen LogP contribution in [-0.4, -0.2) is 58.7 Å². The number of aliphatic hydroxyl groups is 1. The van der Waals surface area contributed by atoms with Gasteiger partial charge in [-0.05, 0) is 31.2 Å². The quantitative estimate of drug-likeness (QED) is 0.685. The van der Waals surface area contributed by atoms with Crippen LogP contribution in [-0.2, 0) is 24.1 Å². The highest BCUT2D eigenvalue weighted by atomic mass is 16.5. The first-order valence-corrected chi connectivity index (χ1v) is 9.32. The van der Waals surface area contributed by atoms with Gasteiger partial charge in [0.1, 0.15) is 5.82 Å². The van der Waals surface area contributed by atoms with Gasteiger partial charge in [0.05, 0.1) is 31.1 Å². The molecule has 0 amide bonds. The molecule has 0 aromatic carbocycles. The van der Waals surface area contributed by atoms with Gasteiger partial charge in [-0.3, -0.25) is 5.10 Å². The van der Waals surface area contributed by atoms with E-state index in [1.54, 1.807) is 0 Å². The SMILES string of the molecule is CN(Cc1n[nH]c2c1CCC2)c1cc(C2CCOC2)nc(NCCO)n1. The minimum atomic E-state index is 0.0463. The molecule has 0 bridgehead atoms. The average Bonchev–Trinajstić information content (AvgIpc) is 3.39. The van der Waals surface area contributed by atoms with Gasteiger partial charge in [-0.1, -0.05) is 0 Å². The summed E-state index contributed by atoms with van der Waals surface area (Å²) in [6, 6.07) is 2.05. The zero-order valence-corrected chi connectivity index (χ0v) is 15.2. The van der Waals surface area contributed by atoms with Gasteiger partial charge < -0.3 is 20.1 Å². The number of anilines is 2. The van der Waals surface area contributed by atoms with Crippen LogP contribution in [0.4, 0.5) is 11.8 Å². The Labute approximate surface area is 153 Å². The first-order chi connectivity index (χ1) is 12.7. The fraction of sp³-hybridized carbons (Fsp3) is 0.611. The summed E-state index contributed by atoms with van der Waals surface area (Å²) < 4.78 is 5.52. The van der Waals surface area contributed by atoms with Crippen molar-refractivity contribution in [2.45, 2.75) is 38.1 Å². The molecule has 1 fully saturated rings. The predicted molar refractivity (Wildman–Crippen MR) is 98.5 cm³/mol. The van der Waals surface area contributed by atoms with Crippen LogP contribution in [0, 0.1) is 0 Å². The summed E-state index contributed by atoms with van der Waals surface area (Å²) in [6.07, 6.45) is 4.38. The van der Waals surface area contributed by atoms with Crippen molar-refractivity contribution >= 4 is 11.8 Å². The van der Waals surface area contributed by atoms with E-state index in [1.165, 1.54) is 17.7 Å². The second-order valence-corrected chi connectivity index (χ2v) is 7.02. The second kappa shape index (κ2) is 7.59. The molecule has 3 N–H and O–H groups in total. The third kappa shape index (κ3) is 3.52. The molecule has 26 heavy (non-hydrogen) atoms. The molecule has 2 aromatic rings. The van der Waals surface area contributed by atoms with Gasteiger partial charge in [0, 0.05) is 37.9 Å². The first kappa shape index (κ1) is 17.2. The Hall–Kier alpha value is -2.19. The van der Waals surface area contributed by atoms with Crippen molar-refractivity contribution in [3.63, 3.8) is 0 Å². The number of nitrogens with zero attached hydrogens (tertiary/aromatic N) is 4. The topological polar surface area (TPSA) is 99.2 Å². The lowest BCUT2D eigenvalue weighted by Crippen LogP contribution is -2.21. The van der Waals surface area contributed by atoms with E-state index in [4.69, 9.17) is 9.84 Å². The minimum absolute atomic E-state index is 0.0463. The lowest BCUT2D eigenvalue weighted by Gasteiger charge is -2.20. The number of H-pyrrole nitrogens is 1. The number of rotatable bonds is 7. The number of aromatic nitrogens is 4. The molecule has 1 atom stereocenters. The van der Waals surface area contributed by atoms with Gasteiger partial charge in [-0.25, -0.2) is 4.98 Å². The summed E-state index contributed by atoms with van der Waals surface area (Å²) in [5, 5.41) is 19.8. The van der Waals surface area contributed by atoms with E-state index in [0.29, 0.717) is 31.6 Å². The highest BCUT2D eigenvalue weighted by Crippen LogP contribution is 2.28. The maximum atomic E-state index is 9.09. The summed E-state index contributed by atoms with van der Waals surface area (Å²) in [5.41, 5.74) is 4.75. The number of hydrogen-bond donors (Lipinski definition) is 3. The maximum absolute atomic E-state index is 9.09. The Kier molecular flexibility index (Phi) is 5.03. The molecule has 4 rings (SSSR count). The molecule has 2 aromatic heterocycles. The number of hydrogen-bond acceptors (Lipinski definition) is 7.